The molecule has 1 aromatic carbocycles. The van der Waals surface area contributed by atoms with Gasteiger partial charge in [-0.05, 0) is 55.4 Å². The van der Waals surface area contributed by atoms with Crippen molar-refractivity contribution < 1.29 is 9.90 Å². The van der Waals surface area contributed by atoms with Gasteiger partial charge in [0.15, 0.2) is 0 Å². The molecule has 1 fully saturated rings. The number of carboxylic acid groups (broad SMARTS) is 1. The number of hydrogen-bond donors (Lipinski definition) is 1. The fraction of sp³-hybridized carbons (Fsp3) is 0.444. The van der Waals surface area contributed by atoms with E-state index in [1.165, 1.54) is 0 Å². The lowest BCUT2D eigenvalue weighted by molar-refractivity contribution is -0.148. The number of benzene rings is 1. The number of rotatable bonds is 4. The van der Waals surface area contributed by atoms with E-state index in [-0.39, 0.29) is 0 Å². The van der Waals surface area contributed by atoms with Gasteiger partial charge in [-0.15, -0.1) is 0 Å². The van der Waals surface area contributed by atoms with Crippen LogP contribution in [0.4, 0.5) is 0 Å². The van der Waals surface area contributed by atoms with Gasteiger partial charge in [-0.25, -0.2) is 0 Å². The first-order valence-corrected chi connectivity index (χ1v) is 7.70. The smallest absolute Gasteiger partial charge is 0.309 e. The maximum absolute atomic E-state index is 11.8. The van der Waals surface area contributed by atoms with E-state index in [2.05, 4.69) is 18.0 Å². The largest absolute Gasteiger partial charge is 0.481 e. The number of hydrogen-bond acceptors (Lipinski definition) is 2. The number of fused-ring (bicyclic) bond motifs is 1. The first-order valence-electron chi connectivity index (χ1n) is 7.70. The average molecular weight is 283 g/mol. The molecule has 1 aliphatic rings. The maximum Gasteiger partial charge on any atom is 0.309 e. The van der Waals surface area contributed by atoms with Crippen LogP contribution in [0.3, 0.4) is 0 Å². The molecule has 3 rings (SSSR count). The molecule has 0 amide bonds. The molecule has 21 heavy (non-hydrogen) atoms. The summed E-state index contributed by atoms with van der Waals surface area (Å²) >= 11 is 0. The van der Waals surface area contributed by atoms with Crippen LogP contribution < -0.4 is 0 Å². The van der Waals surface area contributed by atoms with Gasteiger partial charge >= 0.3 is 5.97 Å². The monoisotopic (exact) mass is 283 g/mol. The molecule has 1 N–H and O–H groups in total. The molecular weight excluding hydrogens is 262 g/mol. The van der Waals surface area contributed by atoms with Crippen molar-refractivity contribution in [2.75, 3.05) is 0 Å². The van der Waals surface area contributed by atoms with Gasteiger partial charge in [-0.1, -0.05) is 25.5 Å². The summed E-state index contributed by atoms with van der Waals surface area (Å²) in [6, 6.07) is 10.1. The van der Waals surface area contributed by atoms with Crippen LogP contribution in [-0.4, -0.2) is 16.1 Å². The Kier molecular flexibility index (Phi) is 3.66. The first-order chi connectivity index (χ1) is 10.1. The van der Waals surface area contributed by atoms with Crippen molar-refractivity contribution in [1.82, 2.24) is 4.98 Å². The quantitative estimate of drug-likeness (QED) is 0.920. The molecule has 1 saturated carbocycles. The third-order valence-electron chi connectivity index (χ3n) is 4.95. The van der Waals surface area contributed by atoms with Crippen LogP contribution in [0.5, 0.6) is 0 Å². The third-order valence-corrected chi connectivity index (χ3v) is 4.95. The van der Waals surface area contributed by atoms with E-state index >= 15 is 0 Å². The highest BCUT2D eigenvalue weighted by atomic mass is 16.4. The zero-order valence-corrected chi connectivity index (χ0v) is 12.4. The number of pyridine rings is 1. The van der Waals surface area contributed by atoms with Crippen LogP contribution in [0.25, 0.3) is 10.9 Å². The number of aliphatic carboxylic acids is 1. The lowest BCUT2D eigenvalue weighted by atomic mass is 9.79. The fourth-order valence-corrected chi connectivity index (χ4v) is 3.64. The van der Waals surface area contributed by atoms with Gasteiger partial charge in [0.05, 0.1) is 10.9 Å². The highest BCUT2D eigenvalue weighted by Crippen LogP contribution is 2.45. The predicted molar refractivity (Wildman–Crippen MR) is 83.1 cm³/mol. The summed E-state index contributed by atoms with van der Waals surface area (Å²) in [5.74, 6) is -0.0760. The summed E-state index contributed by atoms with van der Waals surface area (Å²) in [6.45, 7) is 2.16. The van der Waals surface area contributed by atoms with Gasteiger partial charge in [0.25, 0.3) is 0 Å². The van der Waals surface area contributed by atoms with E-state index in [1.54, 1.807) is 6.20 Å². The SMILES string of the molecule is CCC1CCC(Cc2ccc3ncccc3c2)(C(=O)O)C1. The van der Waals surface area contributed by atoms with Crippen molar-refractivity contribution in [3.8, 4) is 0 Å². The number of carboxylic acids is 1. The number of aromatic nitrogens is 1. The van der Waals surface area contributed by atoms with Crippen LogP contribution in [0.1, 0.15) is 38.2 Å². The van der Waals surface area contributed by atoms with E-state index in [0.717, 1.165) is 42.1 Å². The Morgan fingerprint density at radius 3 is 3.00 bits per heavy atom. The van der Waals surface area contributed by atoms with E-state index in [0.29, 0.717) is 12.3 Å². The van der Waals surface area contributed by atoms with Gasteiger partial charge in [-0.2, -0.15) is 0 Å². The Balaban J connectivity index is 1.90. The normalized spacial score (nSPS) is 25.3. The van der Waals surface area contributed by atoms with Crippen LogP contribution in [-0.2, 0) is 11.2 Å². The summed E-state index contributed by atoms with van der Waals surface area (Å²) < 4.78 is 0. The fourth-order valence-electron chi connectivity index (χ4n) is 3.64. The van der Waals surface area contributed by atoms with Crippen molar-refractivity contribution in [2.45, 2.75) is 39.0 Å². The minimum absolute atomic E-state index is 0.559. The lowest BCUT2D eigenvalue weighted by Crippen LogP contribution is -2.30. The molecule has 0 aliphatic heterocycles. The minimum Gasteiger partial charge on any atom is -0.481 e. The van der Waals surface area contributed by atoms with E-state index in [4.69, 9.17) is 0 Å². The Bertz CT molecular complexity index is 667. The highest BCUT2D eigenvalue weighted by molar-refractivity contribution is 5.80. The van der Waals surface area contributed by atoms with Crippen LogP contribution in [0, 0.1) is 11.3 Å². The zero-order valence-electron chi connectivity index (χ0n) is 12.4. The van der Waals surface area contributed by atoms with Crippen molar-refractivity contribution >= 4 is 16.9 Å². The van der Waals surface area contributed by atoms with Crippen LogP contribution >= 0.6 is 0 Å². The summed E-state index contributed by atoms with van der Waals surface area (Å²) in [6.07, 6.45) is 6.14. The third kappa shape index (κ3) is 2.65. The molecular formula is C18H21NO2. The summed E-state index contributed by atoms with van der Waals surface area (Å²) in [5.41, 5.74) is 1.49. The van der Waals surface area contributed by atoms with Crippen molar-refractivity contribution in [2.24, 2.45) is 11.3 Å². The van der Waals surface area contributed by atoms with Crippen molar-refractivity contribution in [1.29, 1.82) is 0 Å². The summed E-state index contributed by atoms with van der Waals surface area (Å²) in [7, 11) is 0. The van der Waals surface area contributed by atoms with Crippen molar-refractivity contribution in [3.63, 3.8) is 0 Å². The van der Waals surface area contributed by atoms with Gasteiger partial charge in [-0.3, -0.25) is 9.78 Å². The molecule has 1 heterocycles. The Morgan fingerprint density at radius 1 is 1.43 bits per heavy atom. The second-order valence-electron chi connectivity index (χ2n) is 6.31. The number of carbonyl (C=O) groups is 1. The highest BCUT2D eigenvalue weighted by Gasteiger charge is 2.44. The van der Waals surface area contributed by atoms with E-state index in [1.807, 2.05) is 24.3 Å². The van der Waals surface area contributed by atoms with Crippen molar-refractivity contribution in [3.05, 3.63) is 42.1 Å². The molecule has 0 radical (unpaired) electrons. The topological polar surface area (TPSA) is 50.2 Å². The predicted octanol–water partition coefficient (Wildman–Crippen LogP) is 4.06. The summed E-state index contributed by atoms with van der Waals surface area (Å²) in [4.78, 5) is 16.2. The first kappa shape index (κ1) is 14.1. The molecule has 3 heteroatoms. The molecule has 2 unspecified atom stereocenters. The zero-order chi connectivity index (χ0) is 14.9. The minimum atomic E-state index is -0.635. The van der Waals surface area contributed by atoms with E-state index in [9.17, 15) is 9.90 Å². The molecule has 0 saturated heterocycles. The van der Waals surface area contributed by atoms with Gasteiger partial charge in [0, 0.05) is 11.6 Å². The number of nitrogens with zero attached hydrogens (tertiary/aromatic N) is 1. The molecule has 110 valence electrons. The molecule has 2 atom stereocenters. The van der Waals surface area contributed by atoms with Gasteiger partial charge in [0.1, 0.15) is 0 Å². The van der Waals surface area contributed by atoms with Crippen LogP contribution in [0.15, 0.2) is 36.5 Å². The lowest BCUT2D eigenvalue weighted by Gasteiger charge is -2.24. The second-order valence-corrected chi connectivity index (χ2v) is 6.31. The molecule has 1 aliphatic carbocycles. The summed E-state index contributed by atoms with van der Waals surface area (Å²) in [5, 5.41) is 10.8. The maximum atomic E-state index is 11.8. The Labute approximate surface area is 125 Å². The molecule has 3 nitrogen and oxygen atoms in total. The molecule has 0 bridgehead atoms. The molecule has 2 aromatic rings. The standard InChI is InChI=1S/C18H21NO2/c1-2-13-7-8-18(11-13,17(20)21)12-14-5-6-16-15(10-14)4-3-9-19-16/h3-6,9-10,13H,2,7-8,11-12H2,1H3,(H,20,21). The van der Waals surface area contributed by atoms with Gasteiger partial charge < -0.3 is 5.11 Å². The average Bonchev–Trinajstić information content (AvgIpc) is 2.92. The molecule has 1 aromatic heterocycles. The van der Waals surface area contributed by atoms with Crippen LogP contribution in [0.2, 0.25) is 0 Å². The Hall–Kier alpha value is -1.90. The Morgan fingerprint density at radius 2 is 2.29 bits per heavy atom. The van der Waals surface area contributed by atoms with Gasteiger partial charge in [0.2, 0.25) is 0 Å². The molecule has 0 spiro atoms. The second kappa shape index (κ2) is 5.47. The van der Waals surface area contributed by atoms with E-state index < -0.39 is 11.4 Å².